The largest absolute Gasteiger partial charge is 0.491 e. The van der Waals surface area contributed by atoms with Crippen molar-refractivity contribution in [2.24, 2.45) is 5.92 Å². The molecule has 1 aliphatic rings. The number of esters is 1. The maximum absolute atomic E-state index is 12.3. The molecule has 1 fully saturated rings. The molecule has 4 nitrogen and oxygen atoms in total. The summed E-state index contributed by atoms with van der Waals surface area (Å²) in [5.41, 5.74) is 1.56. The van der Waals surface area contributed by atoms with Crippen LogP contribution in [0.15, 0.2) is 18.2 Å². The monoisotopic (exact) mass is 291 g/mol. The summed E-state index contributed by atoms with van der Waals surface area (Å²) in [4.78, 5) is 12.3. The highest BCUT2D eigenvalue weighted by atomic mass is 16.5. The molecule has 1 aromatic carbocycles. The van der Waals surface area contributed by atoms with E-state index in [0.717, 1.165) is 24.2 Å². The van der Waals surface area contributed by atoms with Gasteiger partial charge in [-0.2, -0.15) is 0 Å². The molecule has 2 rings (SSSR count). The molecule has 0 spiro atoms. The van der Waals surface area contributed by atoms with Crippen molar-refractivity contribution in [1.29, 1.82) is 0 Å². The summed E-state index contributed by atoms with van der Waals surface area (Å²) in [6.45, 7) is 7.09. The van der Waals surface area contributed by atoms with Crippen LogP contribution < -0.4 is 10.1 Å². The van der Waals surface area contributed by atoms with Gasteiger partial charge in [-0.05, 0) is 50.8 Å². The highest BCUT2D eigenvalue weighted by molar-refractivity contribution is 5.82. The molecule has 0 radical (unpaired) electrons. The van der Waals surface area contributed by atoms with E-state index in [2.05, 4.69) is 18.3 Å². The van der Waals surface area contributed by atoms with Crippen LogP contribution in [0, 0.1) is 19.8 Å². The lowest BCUT2D eigenvalue weighted by Crippen LogP contribution is -2.58. The molecule has 1 aromatic rings. The van der Waals surface area contributed by atoms with E-state index in [1.54, 1.807) is 0 Å². The summed E-state index contributed by atoms with van der Waals surface area (Å²) in [7, 11) is 1.44. The Morgan fingerprint density at radius 3 is 2.62 bits per heavy atom. The number of ether oxygens (including phenoxy) is 2. The van der Waals surface area contributed by atoms with E-state index < -0.39 is 5.54 Å². The number of benzene rings is 1. The summed E-state index contributed by atoms with van der Waals surface area (Å²) in [6.07, 6.45) is 2.08. The third-order valence-corrected chi connectivity index (χ3v) is 4.10. The van der Waals surface area contributed by atoms with Crippen molar-refractivity contribution < 1.29 is 14.3 Å². The first-order valence-electron chi connectivity index (χ1n) is 7.57. The van der Waals surface area contributed by atoms with E-state index in [9.17, 15) is 4.79 Å². The molecule has 0 saturated heterocycles. The zero-order valence-corrected chi connectivity index (χ0v) is 13.4. The first-order chi connectivity index (χ1) is 10.0. The van der Waals surface area contributed by atoms with Crippen molar-refractivity contribution in [3.8, 4) is 5.75 Å². The maximum Gasteiger partial charge on any atom is 0.329 e. The van der Waals surface area contributed by atoms with E-state index in [1.807, 2.05) is 26.0 Å². The topological polar surface area (TPSA) is 47.6 Å². The third kappa shape index (κ3) is 3.38. The van der Waals surface area contributed by atoms with Gasteiger partial charge in [0.15, 0.2) is 5.54 Å². The van der Waals surface area contributed by atoms with Crippen LogP contribution >= 0.6 is 0 Å². The van der Waals surface area contributed by atoms with Gasteiger partial charge in [-0.1, -0.05) is 24.6 Å². The zero-order chi connectivity index (χ0) is 15.5. The SMILES string of the molecule is CCNC(COc1ccc(C)cc1C)(C(=O)OC)C1CC1. The van der Waals surface area contributed by atoms with Crippen LogP contribution in [0.4, 0.5) is 0 Å². The second-order valence-electron chi connectivity index (χ2n) is 5.83. The summed E-state index contributed by atoms with van der Waals surface area (Å²) in [5.74, 6) is 0.903. The van der Waals surface area contributed by atoms with Gasteiger partial charge in [0.2, 0.25) is 0 Å². The second kappa shape index (κ2) is 6.48. The number of hydrogen-bond donors (Lipinski definition) is 1. The van der Waals surface area contributed by atoms with Crippen molar-refractivity contribution in [2.75, 3.05) is 20.3 Å². The molecular weight excluding hydrogens is 266 g/mol. The quantitative estimate of drug-likeness (QED) is 0.785. The Morgan fingerprint density at radius 1 is 1.38 bits per heavy atom. The normalized spacial score (nSPS) is 17.1. The molecular formula is C17H25NO3. The fourth-order valence-corrected chi connectivity index (χ4v) is 2.84. The second-order valence-corrected chi connectivity index (χ2v) is 5.83. The Kier molecular flexibility index (Phi) is 4.88. The van der Waals surface area contributed by atoms with Crippen LogP contribution in [0.3, 0.4) is 0 Å². The van der Waals surface area contributed by atoms with E-state index >= 15 is 0 Å². The number of likely N-dealkylation sites (N-methyl/N-ethyl adjacent to an activating group) is 1. The maximum atomic E-state index is 12.3. The molecule has 1 N–H and O–H groups in total. The van der Waals surface area contributed by atoms with Crippen LogP contribution in [0.5, 0.6) is 5.75 Å². The number of hydrogen-bond acceptors (Lipinski definition) is 4. The van der Waals surface area contributed by atoms with Crippen molar-refractivity contribution in [2.45, 2.75) is 39.2 Å². The Labute approximate surface area is 126 Å². The molecule has 4 heteroatoms. The molecule has 21 heavy (non-hydrogen) atoms. The van der Waals surface area contributed by atoms with Crippen LogP contribution in [-0.2, 0) is 9.53 Å². The van der Waals surface area contributed by atoms with Crippen molar-refractivity contribution in [3.63, 3.8) is 0 Å². The predicted molar refractivity (Wildman–Crippen MR) is 82.6 cm³/mol. The van der Waals surface area contributed by atoms with Gasteiger partial charge in [0.1, 0.15) is 12.4 Å². The standard InChI is InChI=1S/C17H25NO3/c1-5-18-17(14-7-8-14,16(19)20-4)11-21-15-9-6-12(2)10-13(15)3/h6,9-10,14,18H,5,7-8,11H2,1-4H3. The van der Waals surface area contributed by atoms with Gasteiger partial charge < -0.3 is 9.47 Å². The van der Waals surface area contributed by atoms with Crippen LogP contribution in [0.1, 0.15) is 30.9 Å². The van der Waals surface area contributed by atoms with Gasteiger partial charge in [-0.3, -0.25) is 5.32 Å². The lowest BCUT2D eigenvalue weighted by atomic mass is 9.94. The Morgan fingerprint density at radius 2 is 2.10 bits per heavy atom. The summed E-state index contributed by atoms with van der Waals surface area (Å²) in [5, 5.41) is 3.31. The minimum atomic E-state index is -0.721. The Bertz CT molecular complexity index is 511. The van der Waals surface area contributed by atoms with E-state index in [1.165, 1.54) is 12.7 Å². The van der Waals surface area contributed by atoms with Gasteiger partial charge >= 0.3 is 5.97 Å². The fraction of sp³-hybridized carbons (Fsp3) is 0.588. The molecule has 0 heterocycles. The molecule has 0 aromatic heterocycles. The number of carbonyl (C=O) groups is 1. The number of methoxy groups -OCH3 is 1. The number of carbonyl (C=O) groups excluding carboxylic acids is 1. The van der Waals surface area contributed by atoms with Gasteiger partial charge in [0, 0.05) is 0 Å². The highest BCUT2D eigenvalue weighted by Crippen LogP contribution is 2.41. The lowest BCUT2D eigenvalue weighted by molar-refractivity contribution is -0.151. The van der Waals surface area contributed by atoms with Gasteiger partial charge in [0.05, 0.1) is 7.11 Å². The van der Waals surface area contributed by atoms with Crippen LogP contribution in [0.25, 0.3) is 0 Å². The first kappa shape index (κ1) is 15.8. The predicted octanol–water partition coefficient (Wildman–Crippen LogP) is 2.61. The molecule has 1 atom stereocenters. The third-order valence-electron chi connectivity index (χ3n) is 4.10. The van der Waals surface area contributed by atoms with E-state index in [-0.39, 0.29) is 5.97 Å². The average Bonchev–Trinajstić information content (AvgIpc) is 3.29. The summed E-state index contributed by atoms with van der Waals surface area (Å²) in [6, 6.07) is 6.07. The van der Waals surface area contributed by atoms with Crippen molar-refractivity contribution in [3.05, 3.63) is 29.3 Å². The smallest absolute Gasteiger partial charge is 0.329 e. The minimum absolute atomic E-state index is 0.225. The number of aryl methyl sites for hydroxylation is 2. The average molecular weight is 291 g/mol. The summed E-state index contributed by atoms with van der Waals surface area (Å²) >= 11 is 0. The fourth-order valence-electron chi connectivity index (χ4n) is 2.84. The molecule has 1 aliphatic carbocycles. The molecule has 1 saturated carbocycles. The minimum Gasteiger partial charge on any atom is -0.491 e. The first-order valence-corrected chi connectivity index (χ1v) is 7.57. The number of nitrogens with one attached hydrogen (secondary N) is 1. The van der Waals surface area contributed by atoms with Gasteiger partial charge in [0.25, 0.3) is 0 Å². The van der Waals surface area contributed by atoms with Crippen molar-refractivity contribution in [1.82, 2.24) is 5.32 Å². The van der Waals surface area contributed by atoms with E-state index in [4.69, 9.17) is 9.47 Å². The molecule has 116 valence electrons. The van der Waals surface area contributed by atoms with Crippen LogP contribution in [-0.4, -0.2) is 31.8 Å². The lowest BCUT2D eigenvalue weighted by Gasteiger charge is -2.32. The Balaban J connectivity index is 2.16. The highest BCUT2D eigenvalue weighted by Gasteiger charge is 2.52. The molecule has 0 aliphatic heterocycles. The Hall–Kier alpha value is -1.55. The van der Waals surface area contributed by atoms with Gasteiger partial charge in [-0.25, -0.2) is 4.79 Å². The number of rotatable bonds is 7. The van der Waals surface area contributed by atoms with Crippen molar-refractivity contribution >= 4 is 5.97 Å². The zero-order valence-electron chi connectivity index (χ0n) is 13.4. The van der Waals surface area contributed by atoms with Gasteiger partial charge in [-0.15, -0.1) is 0 Å². The van der Waals surface area contributed by atoms with Crippen LogP contribution in [0.2, 0.25) is 0 Å². The molecule has 0 bridgehead atoms. The molecule has 0 amide bonds. The van der Waals surface area contributed by atoms with E-state index in [0.29, 0.717) is 19.1 Å². The summed E-state index contributed by atoms with van der Waals surface area (Å²) < 4.78 is 11.0. The molecule has 1 unspecified atom stereocenters.